The van der Waals surface area contributed by atoms with Crippen molar-refractivity contribution in [1.29, 1.82) is 0 Å². The van der Waals surface area contributed by atoms with E-state index in [1.807, 2.05) is 19.1 Å². The maximum absolute atomic E-state index is 13.2. The number of hydrogen-bond acceptors (Lipinski definition) is 5. The molecule has 6 nitrogen and oxygen atoms in total. The molecule has 0 saturated heterocycles. The molecule has 0 aliphatic heterocycles. The van der Waals surface area contributed by atoms with Gasteiger partial charge in [-0.1, -0.05) is 73.9 Å². The summed E-state index contributed by atoms with van der Waals surface area (Å²) in [6.45, 7) is 17.5. The van der Waals surface area contributed by atoms with Gasteiger partial charge >= 0.3 is 0 Å². The highest BCUT2D eigenvalue weighted by Gasteiger charge is 2.64. The van der Waals surface area contributed by atoms with Gasteiger partial charge in [0.15, 0.2) is 0 Å². The zero-order valence-electron chi connectivity index (χ0n) is 28.5. The first-order valence-electron chi connectivity index (χ1n) is 17.5. The van der Waals surface area contributed by atoms with Crippen molar-refractivity contribution in [1.82, 2.24) is 4.72 Å². The summed E-state index contributed by atoms with van der Waals surface area (Å²) in [6, 6.07) is 6.81. The minimum atomic E-state index is -3.94. The lowest BCUT2D eigenvalue weighted by Gasteiger charge is -2.64. The Hall–Kier alpha value is -1.44. The predicted octanol–water partition coefficient (Wildman–Crippen LogP) is 7.08. The van der Waals surface area contributed by atoms with Gasteiger partial charge < -0.3 is 10.2 Å². The maximum atomic E-state index is 13.2. The van der Waals surface area contributed by atoms with Crippen LogP contribution in [0, 0.1) is 58.2 Å². The molecular formula is C37H59NO5S. The van der Waals surface area contributed by atoms with E-state index in [2.05, 4.69) is 53.2 Å². The minimum absolute atomic E-state index is 0.0854. The summed E-state index contributed by atoms with van der Waals surface area (Å²) in [5.41, 5.74) is 1.24. The van der Waals surface area contributed by atoms with E-state index < -0.39 is 21.8 Å². The molecule has 5 rings (SSSR count). The molecule has 4 fully saturated rings. The molecule has 0 heterocycles. The normalized spacial score (nSPS) is 40.3. The van der Waals surface area contributed by atoms with Gasteiger partial charge in [-0.3, -0.25) is 4.79 Å². The van der Waals surface area contributed by atoms with E-state index in [0.29, 0.717) is 36.0 Å². The van der Waals surface area contributed by atoms with Crippen LogP contribution >= 0.6 is 0 Å². The van der Waals surface area contributed by atoms with Crippen LogP contribution in [0.15, 0.2) is 29.2 Å². The number of hydrogen-bond donors (Lipinski definition) is 3. The van der Waals surface area contributed by atoms with Crippen molar-refractivity contribution in [3.05, 3.63) is 29.8 Å². The predicted molar refractivity (Wildman–Crippen MR) is 175 cm³/mol. The van der Waals surface area contributed by atoms with Crippen LogP contribution in [-0.4, -0.2) is 36.7 Å². The Labute approximate surface area is 267 Å². The van der Waals surface area contributed by atoms with Crippen LogP contribution in [0.1, 0.15) is 119 Å². The standard InChI is InChI=1S/C37H59NO5S/c1-9-27-31-21-25(39)16-18-37(31,8)30-17-19-36(7)28(14-15-29(36)32(30)33(27)40)22(2)20-23(3)34(41)38-44(42,43)26-12-10-24(11-13-26)35(4,5)6/h10-13,22-23,25,27-33,39-40H,9,14-21H2,1-8H3,(H,38,41)/t22-,23+,25-,27-,28-,29+,30+,31?,32?,33-,36?,37-/m1/s1. The molecule has 0 bridgehead atoms. The first-order valence-corrected chi connectivity index (χ1v) is 19.0. The van der Waals surface area contributed by atoms with E-state index >= 15 is 0 Å². The SMILES string of the molecule is CC[C@@H]1C2C[C@H](O)CC[C@]2(C)[C@H]2CCC3(C)[C@@H]([C@H](C)C[C@H](C)C(=O)NS(=O)(=O)c4ccc(C(C)(C)C)cc4)CC[C@H]3C2[C@@H]1O. The van der Waals surface area contributed by atoms with Crippen molar-refractivity contribution >= 4 is 15.9 Å². The summed E-state index contributed by atoms with van der Waals surface area (Å²) in [6.07, 6.45) is 8.28. The van der Waals surface area contributed by atoms with E-state index in [9.17, 15) is 23.4 Å². The first-order chi connectivity index (χ1) is 20.4. The van der Waals surface area contributed by atoms with Crippen LogP contribution in [0.3, 0.4) is 0 Å². The molecule has 4 saturated carbocycles. The molecule has 1 aromatic rings. The van der Waals surface area contributed by atoms with E-state index in [1.54, 1.807) is 12.1 Å². The minimum Gasteiger partial charge on any atom is -0.393 e. The quantitative estimate of drug-likeness (QED) is 0.299. The molecular weight excluding hydrogens is 570 g/mol. The fraction of sp³-hybridized carbons (Fsp3) is 0.811. The van der Waals surface area contributed by atoms with Crippen LogP contribution in [0.25, 0.3) is 0 Å². The second kappa shape index (κ2) is 12.0. The molecule has 248 valence electrons. The molecule has 0 spiro atoms. The van der Waals surface area contributed by atoms with Crippen LogP contribution in [0.4, 0.5) is 0 Å². The molecule has 12 atom stereocenters. The molecule has 7 heteroatoms. The van der Waals surface area contributed by atoms with E-state index in [-0.39, 0.29) is 45.2 Å². The van der Waals surface area contributed by atoms with Crippen molar-refractivity contribution in [3.63, 3.8) is 0 Å². The van der Waals surface area contributed by atoms with Gasteiger partial charge in [0.25, 0.3) is 10.0 Å². The zero-order chi connectivity index (χ0) is 32.4. The summed E-state index contributed by atoms with van der Waals surface area (Å²) >= 11 is 0. The Morgan fingerprint density at radius 3 is 2.18 bits per heavy atom. The fourth-order valence-corrected chi connectivity index (χ4v) is 12.3. The van der Waals surface area contributed by atoms with E-state index in [4.69, 9.17) is 0 Å². The van der Waals surface area contributed by atoms with Gasteiger partial charge in [-0.25, -0.2) is 13.1 Å². The Balaban J connectivity index is 1.27. The zero-order valence-corrected chi connectivity index (χ0v) is 29.3. The summed E-state index contributed by atoms with van der Waals surface area (Å²) in [5, 5.41) is 22.5. The van der Waals surface area contributed by atoms with Crippen molar-refractivity contribution in [3.8, 4) is 0 Å². The van der Waals surface area contributed by atoms with Gasteiger partial charge in [0.2, 0.25) is 5.91 Å². The molecule has 0 radical (unpaired) electrons. The van der Waals surface area contributed by atoms with Crippen molar-refractivity contribution in [2.45, 2.75) is 136 Å². The van der Waals surface area contributed by atoms with Crippen LogP contribution in [0.2, 0.25) is 0 Å². The number of fused-ring (bicyclic) bond motifs is 5. The van der Waals surface area contributed by atoms with Crippen LogP contribution in [0.5, 0.6) is 0 Å². The van der Waals surface area contributed by atoms with Gasteiger partial charge in [0.1, 0.15) is 0 Å². The molecule has 1 aromatic carbocycles. The fourth-order valence-electron chi connectivity index (χ4n) is 11.2. The van der Waals surface area contributed by atoms with E-state index in [1.165, 1.54) is 0 Å². The molecule has 3 N–H and O–H groups in total. The van der Waals surface area contributed by atoms with Crippen molar-refractivity contribution in [2.75, 3.05) is 0 Å². The molecule has 3 unspecified atom stereocenters. The number of rotatable bonds is 7. The highest BCUT2D eigenvalue weighted by Crippen LogP contribution is 2.69. The Bertz CT molecular complexity index is 1300. The van der Waals surface area contributed by atoms with E-state index in [0.717, 1.165) is 56.9 Å². The smallest absolute Gasteiger partial charge is 0.264 e. The Morgan fingerprint density at radius 1 is 0.955 bits per heavy atom. The van der Waals surface area contributed by atoms with Crippen LogP contribution in [-0.2, 0) is 20.2 Å². The Morgan fingerprint density at radius 2 is 1.57 bits per heavy atom. The number of benzene rings is 1. The third-order valence-corrected chi connectivity index (χ3v) is 15.0. The number of amides is 1. The molecule has 4 aliphatic carbocycles. The van der Waals surface area contributed by atoms with Crippen LogP contribution < -0.4 is 4.72 Å². The lowest BCUT2D eigenvalue weighted by atomic mass is 9.41. The largest absolute Gasteiger partial charge is 0.393 e. The van der Waals surface area contributed by atoms with Gasteiger partial charge in [0, 0.05) is 5.92 Å². The topological polar surface area (TPSA) is 104 Å². The van der Waals surface area contributed by atoms with Gasteiger partial charge in [-0.05, 0) is 127 Å². The average molecular weight is 630 g/mol. The lowest BCUT2D eigenvalue weighted by Crippen LogP contribution is -2.62. The van der Waals surface area contributed by atoms with Gasteiger partial charge in [0.05, 0.1) is 17.1 Å². The molecule has 1 amide bonds. The number of carbonyl (C=O) groups is 1. The number of nitrogens with one attached hydrogen (secondary N) is 1. The highest BCUT2D eigenvalue weighted by atomic mass is 32.2. The summed E-state index contributed by atoms with van der Waals surface area (Å²) in [7, 11) is -3.94. The molecule has 4 aliphatic rings. The maximum Gasteiger partial charge on any atom is 0.264 e. The van der Waals surface area contributed by atoms with Crippen molar-refractivity contribution in [2.24, 2.45) is 58.2 Å². The number of carbonyl (C=O) groups excluding carboxylic acids is 1. The average Bonchev–Trinajstić information content (AvgIpc) is 3.30. The number of aliphatic hydroxyl groups excluding tert-OH is 2. The third kappa shape index (κ3) is 5.81. The summed E-state index contributed by atoms with van der Waals surface area (Å²) in [5.74, 6) is 1.73. The number of aliphatic hydroxyl groups is 2. The molecule has 0 aromatic heterocycles. The number of sulfonamides is 1. The summed E-state index contributed by atoms with van der Waals surface area (Å²) < 4.78 is 28.5. The second-order valence-electron chi connectivity index (χ2n) is 17.0. The second-order valence-corrected chi connectivity index (χ2v) is 18.7. The van der Waals surface area contributed by atoms with Gasteiger partial charge in [-0.15, -0.1) is 0 Å². The lowest BCUT2D eigenvalue weighted by molar-refractivity contribution is -0.203. The monoisotopic (exact) mass is 629 g/mol. The Kier molecular flexibility index (Phi) is 9.23. The third-order valence-electron chi connectivity index (χ3n) is 13.6. The van der Waals surface area contributed by atoms with Gasteiger partial charge in [-0.2, -0.15) is 0 Å². The highest BCUT2D eigenvalue weighted by molar-refractivity contribution is 7.90. The first kappa shape index (κ1) is 33.9. The van der Waals surface area contributed by atoms with Crippen molar-refractivity contribution < 1.29 is 23.4 Å². The summed E-state index contributed by atoms with van der Waals surface area (Å²) in [4.78, 5) is 13.3. The molecule has 44 heavy (non-hydrogen) atoms.